The summed E-state index contributed by atoms with van der Waals surface area (Å²) in [6.07, 6.45) is 0.923. The lowest BCUT2D eigenvalue weighted by molar-refractivity contribution is 0.174. The zero-order valence-electron chi connectivity index (χ0n) is 8.28. The number of nitrogens with zero attached hydrogens (tertiary/aromatic N) is 1. The van der Waals surface area contributed by atoms with E-state index in [4.69, 9.17) is 4.84 Å². The van der Waals surface area contributed by atoms with E-state index in [1.807, 2.05) is 11.8 Å². The van der Waals surface area contributed by atoms with Crippen LogP contribution in [0.25, 0.3) is 0 Å². The average molecular weight is 286 g/mol. The summed E-state index contributed by atoms with van der Waals surface area (Å²) >= 11 is 5.28. The van der Waals surface area contributed by atoms with E-state index in [0.717, 1.165) is 23.2 Å². The SMILES string of the molecule is BrCCSc1cccc(C2=NOCC2)c1. The Bertz CT molecular complexity index is 367. The van der Waals surface area contributed by atoms with Crippen molar-refractivity contribution < 1.29 is 4.84 Å². The minimum absolute atomic E-state index is 0.716. The van der Waals surface area contributed by atoms with E-state index in [0.29, 0.717) is 6.61 Å². The van der Waals surface area contributed by atoms with Crippen LogP contribution in [-0.2, 0) is 4.84 Å². The van der Waals surface area contributed by atoms with E-state index < -0.39 is 0 Å². The van der Waals surface area contributed by atoms with Crippen LogP contribution in [0, 0.1) is 0 Å². The molecule has 15 heavy (non-hydrogen) atoms. The van der Waals surface area contributed by atoms with Crippen molar-refractivity contribution >= 4 is 33.4 Å². The van der Waals surface area contributed by atoms with Gasteiger partial charge in [-0.1, -0.05) is 33.2 Å². The van der Waals surface area contributed by atoms with Crippen LogP contribution >= 0.6 is 27.7 Å². The maximum Gasteiger partial charge on any atom is 0.122 e. The summed E-state index contributed by atoms with van der Waals surface area (Å²) in [7, 11) is 0. The van der Waals surface area contributed by atoms with Crippen molar-refractivity contribution in [1.82, 2.24) is 0 Å². The van der Waals surface area contributed by atoms with Gasteiger partial charge in [0.05, 0.1) is 5.71 Å². The van der Waals surface area contributed by atoms with Crippen LogP contribution in [-0.4, -0.2) is 23.4 Å². The quantitative estimate of drug-likeness (QED) is 0.625. The highest BCUT2D eigenvalue weighted by Crippen LogP contribution is 2.21. The van der Waals surface area contributed by atoms with Gasteiger partial charge in [-0.15, -0.1) is 11.8 Å². The Morgan fingerprint density at radius 1 is 1.47 bits per heavy atom. The van der Waals surface area contributed by atoms with E-state index in [1.165, 1.54) is 10.5 Å². The first kappa shape index (κ1) is 11.0. The number of hydrogen-bond acceptors (Lipinski definition) is 3. The molecule has 0 fully saturated rings. The summed E-state index contributed by atoms with van der Waals surface area (Å²) < 4.78 is 0. The van der Waals surface area contributed by atoms with Gasteiger partial charge in [0.2, 0.25) is 0 Å². The Balaban J connectivity index is 2.11. The maximum atomic E-state index is 5.01. The molecule has 4 heteroatoms. The molecule has 1 aromatic carbocycles. The van der Waals surface area contributed by atoms with Crippen LogP contribution in [0.2, 0.25) is 0 Å². The second-order valence-electron chi connectivity index (χ2n) is 3.19. The molecule has 0 atom stereocenters. The summed E-state index contributed by atoms with van der Waals surface area (Å²) in [5.41, 5.74) is 2.25. The second kappa shape index (κ2) is 5.56. The van der Waals surface area contributed by atoms with Gasteiger partial charge in [-0.3, -0.25) is 0 Å². The standard InChI is InChI=1S/C11H12BrNOS/c12-5-7-15-10-3-1-2-9(8-10)11-4-6-14-13-11/h1-3,8H,4-7H2. The molecule has 0 aliphatic carbocycles. The molecule has 1 aliphatic rings. The number of hydrogen-bond donors (Lipinski definition) is 0. The van der Waals surface area contributed by atoms with Crippen molar-refractivity contribution in [3.8, 4) is 0 Å². The molecular formula is C11H12BrNOS. The minimum atomic E-state index is 0.716. The molecule has 80 valence electrons. The van der Waals surface area contributed by atoms with Crippen LogP contribution in [0.3, 0.4) is 0 Å². The van der Waals surface area contributed by atoms with Gasteiger partial charge < -0.3 is 4.84 Å². The molecule has 0 saturated heterocycles. The largest absolute Gasteiger partial charge is 0.395 e. The smallest absolute Gasteiger partial charge is 0.122 e. The van der Waals surface area contributed by atoms with Crippen LogP contribution in [0.4, 0.5) is 0 Å². The highest BCUT2D eigenvalue weighted by molar-refractivity contribution is 9.09. The Morgan fingerprint density at radius 3 is 3.13 bits per heavy atom. The van der Waals surface area contributed by atoms with E-state index >= 15 is 0 Å². The van der Waals surface area contributed by atoms with Gasteiger partial charge in [0.25, 0.3) is 0 Å². The van der Waals surface area contributed by atoms with Crippen molar-refractivity contribution in [1.29, 1.82) is 0 Å². The van der Waals surface area contributed by atoms with Gasteiger partial charge in [-0.25, -0.2) is 0 Å². The third-order valence-electron chi connectivity index (χ3n) is 2.12. The van der Waals surface area contributed by atoms with Crippen molar-refractivity contribution in [2.45, 2.75) is 11.3 Å². The third-order valence-corrected chi connectivity index (χ3v) is 4.03. The average Bonchev–Trinajstić information content (AvgIpc) is 2.80. The highest BCUT2D eigenvalue weighted by atomic mass is 79.9. The number of benzene rings is 1. The molecule has 0 aromatic heterocycles. The van der Waals surface area contributed by atoms with Gasteiger partial charge in [0, 0.05) is 28.0 Å². The molecule has 0 radical (unpaired) electrons. The van der Waals surface area contributed by atoms with Gasteiger partial charge in [0.1, 0.15) is 6.61 Å². The van der Waals surface area contributed by atoms with Crippen LogP contribution in [0.1, 0.15) is 12.0 Å². The monoisotopic (exact) mass is 285 g/mol. The molecule has 2 nitrogen and oxygen atoms in total. The predicted octanol–water partition coefficient (Wildman–Crippen LogP) is 3.30. The number of halogens is 1. The number of alkyl halides is 1. The normalized spacial score (nSPS) is 14.9. The lowest BCUT2D eigenvalue weighted by Gasteiger charge is -2.02. The molecule has 0 saturated carbocycles. The third kappa shape index (κ3) is 2.98. The predicted molar refractivity (Wildman–Crippen MR) is 68.1 cm³/mol. The topological polar surface area (TPSA) is 21.6 Å². The maximum absolute atomic E-state index is 5.01. The molecular weight excluding hydrogens is 274 g/mol. The zero-order chi connectivity index (χ0) is 10.5. The fourth-order valence-electron chi connectivity index (χ4n) is 1.43. The van der Waals surface area contributed by atoms with Gasteiger partial charge in [0.15, 0.2) is 0 Å². The summed E-state index contributed by atoms with van der Waals surface area (Å²) in [6.45, 7) is 0.716. The first-order chi connectivity index (χ1) is 7.40. The van der Waals surface area contributed by atoms with Crippen molar-refractivity contribution in [2.75, 3.05) is 17.7 Å². The Labute approximate surface area is 102 Å². The van der Waals surface area contributed by atoms with Crippen LogP contribution in [0.5, 0.6) is 0 Å². The molecule has 0 N–H and O–H groups in total. The van der Waals surface area contributed by atoms with Gasteiger partial charge in [-0.05, 0) is 12.1 Å². The van der Waals surface area contributed by atoms with Crippen molar-refractivity contribution in [2.24, 2.45) is 5.16 Å². The summed E-state index contributed by atoms with van der Waals surface area (Å²) in [5.74, 6) is 1.09. The van der Waals surface area contributed by atoms with E-state index in [2.05, 4.69) is 45.4 Å². The molecule has 1 heterocycles. The summed E-state index contributed by atoms with van der Waals surface area (Å²) in [4.78, 5) is 6.30. The van der Waals surface area contributed by atoms with Gasteiger partial charge in [-0.2, -0.15) is 0 Å². The molecule has 0 bridgehead atoms. The lowest BCUT2D eigenvalue weighted by Crippen LogP contribution is -1.97. The zero-order valence-corrected chi connectivity index (χ0v) is 10.7. The van der Waals surface area contributed by atoms with E-state index in [9.17, 15) is 0 Å². The van der Waals surface area contributed by atoms with E-state index in [-0.39, 0.29) is 0 Å². The van der Waals surface area contributed by atoms with E-state index in [1.54, 1.807) is 0 Å². The van der Waals surface area contributed by atoms with Crippen LogP contribution in [0.15, 0.2) is 34.3 Å². The number of oxime groups is 1. The Hall–Kier alpha value is -0.480. The minimum Gasteiger partial charge on any atom is -0.395 e. The first-order valence-electron chi connectivity index (χ1n) is 4.88. The molecule has 2 rings (SSSR count). The number of thioether (sulfide) groups is 1. The number of rotatable bonds is 4. The fraction of sp³-hybridized carbons (Fsp3) is 0.364. The molecule has 0 unspecified atom stereocenters. The second-order valence-corrected chi connectivity index (χ2v) is 5.15. The summed E-state index contributed by atoms with van der Waals surface area (Å²) in [6, 6.07) is 8.48. The fourth-order valence-corrected chi connectivity index (χ4v) is 2.61. The molecule has 1 aromatic rings. The summed E-state index contributed by atoms with van der Waals surface area (Å²) in [5, 5.41) is 5.05. The van der Waals surface area contributed by atoms with Crippen molar-refractivity contribution in [3.63, 3.8) is 0 Å². The molecule has 1 aliphatic heterocycles. The van der Waals surface area contributed by atoms with Crippen molar-refractivity contribution in [3.05, 3.63) is 29.8 Å². The Morgan fingerprint density at radius 2 is 2.40 bits per heavy atom. The molecule has 0 amide bonds. The van der Waals surface area contributed by atoms with Crippen LogP contribution < -0.4 is 0 Å². The lowest BCUT2D eigenvalue weighted by atomic mass is 10.1. The highest BCUT2D eigenvalue weighted by Gasteiger charge is 2.10. The Kier molecular flexibility index (Phi) is 4.09. The first-order valence-corrected chi connectivity index (χ1v) is 6.99. The molecule has 0 spiro atoms. The van der Waals surface area contributed by atoms with Gasteiger partial charge >= 0.3 is 0 Å².